The van der Waals surface area contributed by atoms with E-state index < -0.39 is 0 Å². The number of rotatable bonds is 3. The van der Waals surface area contributed by atoms with Crippen LogP contribution < -0.4 is 8.38 Å². The Balaban J connectivity index is 2.48. The molecule has 2 aromatic heterocycles. The molecule has 14 heavy (non-hydrogen) atoms. The van der Waals surface area contributed by atoms with Crippen LogP contribution in [0.3, 0.4) is 0 Å². The molecule has 0 aliphatic carbocycles. The highest BCUT2D eigenvalue weighted by molar-refractivity contribution is 14.1. The summed E-state index contributed by atoms with van der Waals surface area (Å²) >= 11 is 1.78. The fraction of sp³-hybridized carbons (Fsp3) is 0. The molecule has 0 saturated heterocycles. The molecule has 0 radical (unpaired) electrons. The Morgan fingerprint density at radius 3 is 3.14 bits per heavy atom. The summed E-state index contributed by atoms with van der Waals surface area (Å²) < 4.78 is 6.51. The second-order valence-electron chi connectivity index (χ2n) is 2.44. The fourth-order valence-electron chi connectivity index (χ4n) is 1.02. The Hall–Kier alpha value is -1.38. The molecule has 0 aliphatic rings. The van der Waals surface area contributed by atoms with Crippen LogP contribution >= 0.6 is 23.0 Å². The summed E-state index contributed by atoms with van der Waals surface area (Å²) in [6.07, 6.45) is 2.20. The first-order valence-electron chi connectivity index (χ1n) is 3.68. The Bertz CT molecular complexity index is 470. The number of hydrogen-bond acceptors (Lipinski definition) is 4. The highest BCUT2D eigenvalue weighted by atomic mass is 127. The normalized spacial score (nSPS) is 10.1. The highest BCUT2D eigenvalue weighted by Crippen LogP contribution is 2.14. The fourth-order valence-corrected chi connectivity index (χ4v) is 1.28. The number of carbonyl (C=O) groups excluding carboxylic acids is 1. The summed E-state index contributed by atoms with van der Waals surface area (Å²) in [5.74, 6) is 0.936. The van der Waals surface area contributed by atoms with Crippen molar-refractivity contribution >= 4 is 41.0 Å². The molecule has 1 N–H and O–H groups in total. The van der Waals surface area contributed by atoms with E-state index in [2.05, 4.69) is 15.4 Å². The Kier molecular flexibility index (Phi) is 2.48. The first-order valence-corrected chi connectivity index (χ1v) is 4.57. The Morgan fingerprint density at radius 2 is 2.43 bits per heavy atom. The van der Waals surface area contributed by atoms with Gasteiger partial charge in [-0.1, -0.05) is 0 Å². The van der Waals surface area contributed by atoms with Gasteiger partial charge < -0.3 is 3.07 Å². The number of anilines is 1. The molecule has 72 valence electrons. The van der Waals surface area contributed by atoms with Crippen molar-refractivity contribution in [3.05, 3.63) is 18.3 Å². The van der Waals surface area contributed by atoms with Crippen LogP contribution in [-0.4, -0.2) is 21.0 Å². The zero-order valence-corrected chi connectivity index (χ0v) is 9.00. The minimum atomic E-state index is 0.269. The number of halogens is 1. The van der Waals surface area contributed by atoms with E-state index in [0.29, 0.717) is 17.8 Å². The average molecular weight is 304 g/mol. The van der Waals surface area contributed by atoms with Crippen LogP contribution in [0.15, 0.2) is 18.3 Å². The van der Waals surface area contributed by atoms with Gasteiger partial charge in [0.05, 0.1) is 6.20 Å². The number of aromatic nitrogens is 3. The second kappa shape index (κ2) is 3.78. The molecule has 1 amide bonds. The van der Waals surface area contributed by atoms with Crippen molar-refractivity contribution in [2.24, 2.45) is 0 Å². The standard InChI is InChI=1S/C7H5IN4O2/c8-14-5-1-2-6-10-7(9-4-13)11-12(6)3-5/h1-4H,(H,9,11,13). The van der Waals surface area contributed by atoms with Gasteiger partial charge in [-0.05, 0) is 12.1 Å². The third-order valence-corrected chi connectivity index (χ3v) is 2.09. The number of hydrogen-bond donors (Lipinski definition) is 1. The lowest BCUT2D eigenvalue weighted by Gasteiger charge is -1.95. The van der Waals surface area contributed by atoms with Crippen molar-refractivity contribution in [3.63, 3.8) is 0 Å². The van der Waals surface area contributed by atoms with Crippen LogP contribution in [-0.2, 0) is 4.79 Å². The van der Waals surface area contributed by atoms with Gasteiger partial charge in [0, 0.05) is 0 Å². The molecule has 0 fully saturated rings. The van der Waals surface area contributed by atoms with Crippen LogP contribution in [0, 0.1) is 0 Å². The molecule has 0 unspecified atom stereocenters. The lowest BCUT2D eigenvalue weighted by molar-refractivity contribution is -0.105. The average Bonchev–Trinajstić information content (AvgIpc) is 2.59. The van der Waals surface area contributed by atoms with E-state index in [1.807, 2.05) is 0 Å². The SMILES string of the molecule is O=CNc1nc2ccc(OI)cn2n1. The third-order valence-electron chi connectivity index (χ3n) is 1.58. The van der Waals surface area contributed by atoms with E-state index in [9.17, 15) is 4.79 Å². The predicted octanol–water partition coefficient (Wildman–Crippen LogP) is 1.03. The Labute approximate surface area is 93.0 Å². The first kappa shape index (κ1) is 9.19. The molecular formula is C7H5IN4O2. The van der Waals surface area contributed by atoms with Crippen molar-refractivity contribution in [2.75, 3.05) is 5.32 Å². The number of carbonyl (C=O) groups is 1. The number of pyridine rings is 1. The molecule has 2 aromatic rings. The highest BCUT2D eigenvalue weighted by Gasteiger charge is 2.02. The lowest BCUT2D eigenvalue weighted by atomic mass is 10.4. The maximum absolute atomic E-state index is 10.1. The predicted molar refractivity (Wildman–Crippen MR) is 57.3 cm³/mol. The monoisotopic (exact) mass is 304 g/mol. The topological polar surface area (TPSA) is 68.5 Å². The molecule has 0 aliphatic heterocycles. The van der Waals surface area contributed by atoms with Crippen molar-refractivity contribution in [2.45, 2.75) is 0 Å². The molecule has 0 bridgehead atoms. The van der Waals surface area contributed by atoms with Crippen molar-refractivity contribution < 1.29 is 7.86 Å². The molecule has 6 nitrogen and oxygen atoms in total. The molecule has 7 heteroatoms. The summed E-state index contributed by atoms with van der Waals surface area (Å²) in [6, 6.07) is 3.51. The van der Waals surface area contributed by atoms with E-state index >= 15 is 0 Å². The van der Waals surface area contributed by atoms with E-state index in [1.54, 1.807) is 41.3 Å². The van der Waals surface area contributed by atoms with Crippen LogP contribution in [0.4, 0.5) is 5.95 Å². The van der Waals surface area contributed by atoms with Crippen molar-refractivity contribution in [1.82, 2.24) is 14.6 Å². The van der Waals surface area contributed by atoms with Crippen LogP contribution in [0.5, 0.6) is 5.75 Å². The summed E-state index contributed by atoms with van der Waals surface area (Å²) in [5, 5.41) is 6.36. The van der Waals surface area contributed by atoms with Gasteiger partial charge in [-0.25, -0.2) is 4.52 Å². The van der Waals surface area contributed by atoms with Gasteiger partial charge in [0.25, 0.3) is 0 Å². The molecular weight excluding hydrogens is 299 g/mol. The van der Waals surface area contributed by atoms with E-state index in [1.165, 1.54) is 4.52 Å². The lowest BCUT2D eigenvalue weighted by Crippen LogP contribution is -1.95. The molecule has 0 spiro atoms. The van der Waals surface area contributed by atoms with Gasteiger partial charge in [-0.3, -0.25) is 10.1 Å². The zero-order valence-electron chi connectivity index (χ0n) is 6.85. The smallest absolute Gasteiger partial charge is 0.249 e. The molecule has 2 heterocycles. The van der Waals surface area contributed by atoms with E-state index in [-0.39, 0.29) is 5.95 Å². The minimum Gasteiger partial charge on any atom is -0.426 e. The molecule has 0 saturated carbocycles. The molecule has 0 aromatic carbocycles. The molecule has 0 atom stereocenters. The van der Waals surface area contributed by atoms with Gasteiger partial charge in [0.1, 0.15) is 0 Å². The number of nitrogens with one attached hydrogen (secondary N) is 1. The largest absolute Gasteiger partial charge is 0.426 e. The van der Waals surface area contributed by atoms with E-state index in [4.69, 9.17) is 3.07 Å². The number of nitrogens with zero attached hydrogens (tertiary/aromatic N) is 3. The maximum atomic E-state index is 10.1. The summed E-state index contributed by atoms with van der Waals surface area (Å²) in [6.45, 7) is 0. The van der Waals surface area contributed by atoms with Crippen molar-refractivity contribution in [1.29, 1.82) is 0 Å². The maximum Gasteiger partial charge on any atom is 0.249 e. The summed E-state index contributed by atoms with van der Waals surface area (Å²) in [4.78, 5) is 14.2. The summed E-state index contributed by atoms with van der Waals surface area (Å²) in [5.41, 5.74) is 0.645. The molecule has 2 rings (SSSR count). The van der Waals surface area contributed by atoms with Gasteiger partial charge in [0.2, 0.25) is 12.4 Å². The van der Waals surface area contributed by atoms with Crippen LogP contribution in [0.2, 0.25) is 0 Å². The minimum absolute atomic E-state index is 0.269. The van der Waals surface area contributed by atoms with Crippen LogP contribution in [0.25, 0.3) is 5.65 Å². The summed E-state index contributed by atoms with van der Waals surface area (Å²) in [7, 11) is 0. The zero-order chi connectivity index (χ0) is 9.97. The first-order chi connectivity index (χ1) is 6.83. The van der Waals surface area contributed by atoms with Gasteiger partial charge >= 0.3 is 0 Å². The van der Waals surface area contributed by atoms with Crippen molar-refractivity contribution in [3.8, 4) is 5.75 Å². The van der Waals surface area contributed by atoms with E-state index in [0.717, 1.165) is 0 Å². The van der Waals surface area contributed by atoms with Gasteiger partial charge in [0.15, 0.2) is 34.4 Å². The number of fused-ring (bicyclic) bond motifs is 1. The second-order valence-corrected chi connectivity index (χ2v) is 2.88. The third kappa shape index (κ3) is 1.62. The quantitative estimate of drug-likeness (QED) is 0.679. The number of amides is 1. The van der Waals surface area contributed by atoms with Crippen LogP contribution in [0.1, 0.15) is 0 Å². The Morgan fingerprint density at radius 1 is 1.57 bits per heavy atom. The van der Waals surface area contributed by atoms with Gasteiger partial charge in [-0.15, -0.1) is 5.10 Å². The van der Waals surface area contributed by atoms with Gasteiger partial charge in [-0.2, -0.15) is 4.98 Å².